The molecule has 1 aliphatic heterocycles. The number of aryl methyl sites for hydroxylation is 1. The summed E-state index contributed by atoms with van der Waals surface area (Å²) in [7, 11) is 5.76. The molecule has 168 valence electrons. The molecule has 0 aromatic heterocycles. The number of nitrogens with zero attached hydrogens (tertiary/aromatic N) is 3. The van der Waals surface area contributed by atoms with E-state index < -0.39 is 0 Å². The zero-order valence-corrected chi connectivity index (χ0v) is 19.5. The molecule has 2 aromatic carbocycles. The standard InChI is InChI=1S/C26H31N3O3/c1-6-32-24(30)15-17(2)29-26(19-7-11-20(12-8-19)28(3)4)22-14-10-18-9-13-21(31-5)16-23(18)25(22)27-29/h7-9,11-13,15-16,22,26H,6,10,14H2,1-5H3/b17-15-/t22-,26-/m0/s1. The van der Waals surface area contributed by atoms with Gasteiger partial charge in [-0.1, -0.05) is 18.2 Å². The van der Waals surface area contributed by atoms with Crippen LogP contribution in [-0.4, -0.2) is 44.5 Å². The molecule has 32 heavy (non-hydrogen) atoms. The molecular formula is C26H31N3O3. The van der Waals surface area contributed by atoms with Crippen molar-refractivity contribution < 1.29 is 14.3 Å². The summed E-state index contributed by atoms with van der Waals surface area (Å²) in [6.07, 6.45) is 3.53. The Bertz CT molecular complexity index is 1060. The van der Waals surface area contributed by atoms with E-state index in [0.717, 1.165) is 41.3 Å². The number of hydrogen-bond donors (Lipinski definition) is 0. The molecule has 0 unspecified atom stereocenters. The third kappa shape index (κ3) is 4.09. The molecule has 6 heteroatoms. The van der Waals surface area contributed by atoms with E-state index in [1.165, 1.54) is 11.1 Å². The van der Waals surface area contributed by atoms with Crippen LogP contribution in [0.2, 0.25) is 0 Å². The molecule has 1 aliphatic carbocycles. The van der Waals surface area contributed by atoms with E-state index in [2.05, 4.69) is 41.3 Å². The maximum atomic E-state index is 12.2. The molecule has 2 aromatic rings. The molecule has 0 radical (unpaired) electrons. The van der Waals surface area contributed by atoms with Crippen molar-refractivity contribution in [3.63, 3.8) is 0 Å². The number of anilines is 1. The van der Waals surface area contributed by atoms with Crippen molar-refractivity contribution in [2.45, 2.75) is 32.7 Å². The number of hydrogen-bond acceptors (Lipinski definition) is 6. The van der Waals surface area contributed by atoms with Crippen molar-refractivity contribution in [2.24, 2.45) is 11.0 Å². The number of allylic oxidation sites excluding steroid dienone is 1. The van der Waals surface area contributed by atoms with Gasteiger partial charge in [-0.15, -0.1) is 0 Å². The number of ether oxygens (including phenoxy) is 2. The van der Waals surface area contributed by atoms with Crippen LogP contribution in [0.4, 0.5) is 5.69 Å². The number of fused-ring (bicyclic) bond motifs is 3. The Balaban J connectivity index is 1.78. The minimum absolute atomic E-state index is 0.0197. The summed E-state index contributed by atoms with van der Waals surface area (Å²) < 4.78 is 10.6. The average Bonchev–Trinajstić information content (AvgIpc) is 3.19. The van der Waals surface area contributed by atoms with Crippen molar-refractivity contribution in [1.29, 1.82) is 0 Å². The van der Waals surface area contributed by atoms with Crippen LogP contribution < -0.4 is 9.64 Å². The number of esters is 1. The van der Waals surface area contributed by atoms with Gasteiger partial charge in [-0.2, -0.15) is 5.10 Å². The van der Waals surface area contributed by atoms with Crippen LogP contribution in [-0.2, 0) is 16.0 Å². The first kappa shape index (κ1) is 21.9. The SMILES string of the molecule is CCOC(=O)/C=C(/C)N1N=C2c3cc(OC)ccc3CC[C@@H]2[C@@H]1c1ccc(N(C)C)cc1. The van der Waals surface area contributed by atoms with Gasteiger partial charge in [0.1, 0.15) is 5.75 Å². The maximum absolute atomic E-state index is 12.2. The predicted octanol–water partition coefficient (Wildman–Crippen LogP) is 4.55. The van der Waals surface area contributed by atoms with Crippen LogP contribution in [0.5, 0.6) is 5.75 Å². The van der Waals surface area contributed by atoms with Crippen molar-refractivity contribution in [2.75, 3.05) is 32.7 Å². The third-order valence-corrected chi connectivity index (χ3v) is 6.25. The van der Waals surface area contributed by atoms with E-state index in [1.807, 2.05) is 39.0 Å². The molecule has 1 heterocycles. The monoisotopic (exact) mass is 433 g/mol. The quantitative estimate of drug-likeness (QED) is 0.494. The summed E-state index contributed by atoms with van der Waals surface area (Å²) in [5, 5.41) is 7.06. The van der Waals surface area contributed by atoms with Gasteiger partial charge in [0, 0.05) is 43.0 Å². The molecule has 0 saturated carbocycles. The molecule has 2 atom stereocenters. The zero-order valence-electron chi connectivity index (χ0n) is 19.5. The largest absolute Gasteiger partial charge is 0.497 e. The van der Waals surface area contributed by atoms with E-state index >= 15 is 0 Å². The van der Waals surface area contributed by atoms with Crippen molar-refractivity contribution in [3.8, 4) is 5.75 Å². The molecule has 0 saturated heterocycles. The Morgan fingerprint density at radius 1 is 1.22 bits per heavy atom. The highest BCUT2D eigenvalue weighted by Crippen LogP contribution is 2.45. The van der Waals surface area contributed by atoms with Gasteiger partial charge in [0.2, 0.25) is 0 Å². The van der Waals surface area contributed by atoms with Crippen LogP contribution in [0.3, 0.4) is 0 Å². The first-order valence-electron chi connectivity index (χ1n) is 11.1. The Morgan fingerprint density at radius 3 is 2.62 bits per heavy atom. The molecule has 0 fully saturated rings. The second-order valence-electron chi connectivity index (χ2n) is 8.47. The van der Waals surface area contributed by atoms with E-state index in [-0.39, 0.29) is 17.9 Å². The molecular weight excluding hydrogens is 402 g/mol. The van der Waals surface area contributed by atoms with Gasteiger partial charge in [-0.25, -0.2) is 4.79 Å². The van der Waals surface area contributed by atoms with Crippen LogP contribution >= 0.6 is 0 Å². The molecule has 0 N–H and O–H groups in total. The summed E-state index contributed by atoms with van der Waals surface area (Å²) in [6.45, 7) is 4.08. The normalized spacial score (nSPS) is 19.7. The average molecular weight is 434 g/mol. The van der Waals surface area contributed by atoms with Crippen molar-refractivity contribution in [3.05, 3.63) is 70.9 Å². The first-order valence-corrected chi connectivity index (χ1v) is 11.1. The summed E-state index contributed by atoms with van der Waals surface area (Å²) in [5.41, 5.74) is 6.59. The molecule has 0 amide bonds. The number of hydrazone groups is 1. The van der Waals surface area contributed by atoms with E-state index in [4.69, 9.17) is 14.6 Å². The highest BCUT2D eigenvalue weighted by atomic mass is 16.5. The maximum Gasteiger partial charge on any atom is 0.332 e. The van der Waals surface area contributed by atoms with Crippen molar-refractivity contribution in [1.82, 2.24) is 5.01 Å². The Labute approximate surface area is 190 Å². The van der Waals surface area contributed by atoms with Crippen LogP contribution in [0, 0.1) is 5.92 Å². The number of carbonyl (C=O) groups excluding carboxylic acids is 1. The number of methoxy groups -OCH3 is 1. The lowest BCUT2D eigenvalue weighted by Crippen LogP contribution is -2.28. The van der Waals surface area contributed by atoms with Gasteiger partial charge in [0.15, 0.2) is 0 Å². The van der Waals surface area contributed by atoms with E-state index in [9.17, 15) is 4.79 Å². The fourth-order valence-electron chi connectivity index (χ4n) is 4.63. The molecule has 0 spiro atoms. The Morgan fingerprint density at radius 2 is 1.97 bits per heavy atom. The summed E-state index contributed by atoms with van der Waals surface area (Å²) in [5.74, 6) is 0.713. The predicted molar refractivity (Wildman–Crippen MR) is 127 cm³/mol. The molecule has 2 aliphatic rings. The summed E-state index contributed by atoms with van der Waals surface area (Å²) >= 11 is 0. The van der Waals surface area contributed by atoms with Gasteiger partial charge in [0.25, 0.3) is 0 Å². The van der Waals surface area contributed by atoms with E-state index in [0.29, 0.717) is 6.61 Å². The van der Waals surface area contributed by atoms with E-state index in [1.54, 1.807) is 13.2 Å². The Kier molecular flexibility index (Phi) is 6.21. The lowest BCUT2D eigenvalue weighted by Gasteiger charge is -2.31. The topological polar surface area (TPSA) is 54.4 Å². The fraction of sp³-hybridized carbons (Fsp3) is 0.385. The smallest absolute Gasteiger partial charge is 0.332 e. The van der Waals surface area contributed by atoms with Gasteiger partial charge in [-0.05, 0) is 62.1 Å². The van der Waals surface area contributed by atoms with Gasteiger partial charge < -0.3 is 14.4 Å². The summed E-state index contributed by atoms with van der Waals surface area (Å²) in [6, 6.07) is 14.9. The highest BCUT2D eigenvalue weighted by molar-refractivity contribution is 6.06. The first-order chi connectivity index (χ1) is 15.4. The second-order valence-corrected chi connectivity index (χ2v) is 8.47. The molecule has 0 bridgehead atoms. The van der Waals surface area contributed by atoms with Gasteiger partial charge in [-0.3, -0.25) is 5.01 Å². The number of benzene rings is 2. The lowest BCUT2D eigenvalue weighted by atomic mass is 9.77. The lowest BCUT2D eigenvalue weighted by molar-refractivity contribution is -0.137. The fourth-order valence-corrected chi connectivity index (χ4v) is 4.63. The van der Waals surface area contributed by atoms with Crippen molar-refractivity contribution >= 4 is 17.4 Å². The van der Waals surface area contributed by atoms with Crippen LogP contribution in [0.25, 0.3) is 0 Å². The third-order valence-electron chi connectivity index (χ3n) is 6.25. The molecule has 4 rings (SSSR count). The van der Waals surface area contributed by atoms with Gasteiger partial charge >= 0.3 is 5.97 Å². The number of carbonyl (C=O) groups is 1. The van der Waals surface area contributed by atoms with Gasteiger partial charge in [0.05, 0.1) is 25.5 Å². The van der Waals surface area contributed by atoms with Crippen LogP contribution in [0.15, 0.2) is 59.3 Å². The minimum Gasteiger partial charge on any atom is -0.497 e. The summed E-state index contributed by atoms with van der Waals surface area (Å²) in [4.78, 5) is 14.3. The number of rotatable bonds is 6. The highest BCUT2D eigenvalue weighted by Gasteiger charge is 2.42. The second kappa shape index (κ2) is 9.07. The van der Waals surface area contributed by atoms with Crippen LogP contribution in [0.1, 0.15) is 43.0 Å². The molecule has 6 nitrogen and oxygen atoms in total. The minimum atomic E-state index is -0.344. The zero-order chi connectivity index (χ0) is 22.8. The Hall–Kier alpha value is -3.28.